The van der Waals surface area contributed by atoms with Gasteiger partial charge in [-0.1, -0.05) is 48.1 Å². The van der Waals surface area contributed by atoms with E-state index in [1.165, 1.54) is 23.2 Å². The zero-order chi connectivity index (χ0) is 21.9. The van der Waals surface area contributed by atoms with Gasteiger partial charge in [0.1, 0.15) is 16.9 Å². The second-order valence-corrected chi connectivity index (χ2v) is 8.61. The van der Waals surface area contributed by atoms with E-state index >= 15 is 0 Å². The summed E-state index contributed by atoms with van der Waals surface area (Å²) in [5, 5.41) is 8.09. The second kappa shape index (κ2) is 8.94. The molecule has 3 aromatic heterocycles. The van der Waals surface area contributed by atoms with Crippen molar-refractivity contribution in [3.8, 4) is 0 Å². The van der Waals surface area contributed by atoms with Gasteiger partial charge in [-0.3, -0.25) is 0 Å². The van der Waals surface area contributed by atoms with Gasteiger partial charge in [-0.15, -0.1) is 0 Å². The lowest BCUT2D eigenvalue weighted by Crippen LogP contribution is -2.03. The number of aryl methyl sites for hydroxylation is 1. The molecule has 0 fully saturated rings. The topological polar surface area (TPSA) is 80.6 Å². The SMILES string of the molecule is CCc1nccn1Cc1ccc(Nc2nc3ncnc(Nc4cccc(Cl)c4)c3s2)cc1. The average Bonchev–Trinajstić information content (AvgIpc) is 3.42. The Morgan fingerprint density at radius 1 is 1.00 bits per heavy atom. The Kier molecular flexibility index (Phi) is 5.70. The molecule has 0 spiro atoms. The number of nitrogens with zero attached hydrogens (tertiary/aromatic N) is 5. The van der Waals surface area contributed by atoms with Crippen LogP contribution in [-0.4, -0.2) is 24.5 Å². The number of hydrogen-bond donors (Lipinski definition) is 2. The predicted molar refractivity (Wildman–Crippen MR) is 130 cm³/mol. The van der Waals surface area contributed by atoms with Crippen molar-refractivity contribution in [1.29, 1.82) is 0 Å². The van der Waals surface area contributed by atoms with E-state index in [4.69, 9.17) is 11.6 Å². The first-order chi connectivity index (χ1) is 15.7. The van der Waals surface area contributed by atoms with Crippen LogP contribution in [0.4, 0.5) is 22.3 Å². The van der Waals surface area contributed by atoms with Crippen LogP contribution >= 0.6 is 22.9 Å². The molecule has 0 saturated heterocycles. The van der Waals surface area contributed by atoms with Gasteiger partial charge in [0.15, 0.2) is 16.6 Å². The summed E-state index contributed by atoms with van der Waals surface area (Å²) in [5.41, 5.74) is 3.68. The Morgan fingerprint density at radius 3 is 2.69 bits per heavy atom. The summed E-state index contributed by atoms with van der Waals surface area (Å²) in [6.07, 6.45) is 6.29. The van der Waals surface area contributed by atoms with Gasteiger partial charge in [-0.2, -0.15) is 4.98 Å². The number of rotatable bonds is 7. The second-order valence-electron chi connectivity index (χ2n) is 7.18. The Hall–Kier alpha value is -3.49. The molecule has 0 amide bonds. The van der Waals surface area contributed by atoms with E-state index in [1.54, 1.807) is 0 Å². The third kappa shape index (κ3) is 4.42. The van der Waals surface area contributed by atoms with Crippen molar-refractivity contribution >= 4 is 55.6 Å². The summed E-state index contributed by atoms with van der Waals surface area (Å²) in [6.45, 7) is 2.92. The van der Waals surface area contributed by atoms with Gasteiger partial charge in [-0.05, 0) is 35.9 Å². The zero-order valence-corrected chi connectivity index (χ0v) is 18.9. The molecule has 5 rings (SSSR count). The lowest BCUT2D eigenvalue weighted by atomic mass is 10.2. The normalized spacial score (nSPS) is 11.1. The van der Waals surface area contributed by atoms with Crippen LogP contribution in [0.3, 0.4) is 0 Å². The first-order valence-electron chi connectivity index (χ1n) is 10.2. The molecule has 3 heterocycles. The molecule has 0 aliphatic carbocycles. The number of thiazole rings is 1. The number of fused-ring (bicyclic) bond motifs is 1. The van der Waals surface area contributed by atoms with Crippen molar-refractivity contribution in [2.24, 2.45) is 0 Å². The Morgan fingerprint density at radius 2 is 1.88 bits per heavy atom. The standard InChI is InChI=1S/C23H20ClN7S/c1-2-19-25-10-11-31(19)13-15-6-8-17(9-7-15)29-23-30-22-20(32-23)21(26-14-27-22)28-18-5-3-4-16(24)12-18/h3-12,14H,2,13H2,1H3,(H2,26,27,28,29,30). The highest BCUT2D eigenvalue weighted by atomic mass is 35.5. The van der Waals surface area contributed by atoms with Crippen LogP contribution < -0.4 is 10.6 Å². The van der Waals surface area contributed by atoms with E-state index in [0.29, 0.717) is 16.5 Å². The molecule has 0 atom stereocenters. The van der Waals surface area contributed by atoms with Crippen LogP contribution in [-0.2, 0) is 13.0 Å². The lowest BCUT2D eigenvalue weighted by Gasteiger charge is -2.08. The number of nitrogens with one attached hydrogen (secondary N) is 2. The molecular formula is C23H20ClN7S. The minimum absolute atomic E-state index is 0.640. The fourth-order valence-electron chi connectivity index (χ4n) is 3.41. The summed E-state index contributed by atoms with van der Waals surface area (Å²) in [4.78, 5) is 17.7. The van der Waals surface area contributed by atoms with Crippen molar-refractivity contribution in [3.63, 3.8) is 0 Å². The molecule has 2 aromatic carbocycles. The van der Waals surface area contributed by atoms with Gasteiger partial charge in [0, 0.05) is 41.8 Å². The van der Waals surface area contributed by atoms with E-state index in [0.717, 1.165) is 40.0 Å². The van der Waals surface area contributed by atoms with Crippen molar-refractivity contribution in [3.05, 3.63) is 83.7 Å². The van der Waals surface area contributed by atoms with E-state index in [-0.39, 0.29) is 0 Å². The van der Waals surface area contributed by atoms with E-state index in [9.17, 15) is 0 Å². The lowest BCUT2D eigenvalue weighted by molar-refractivity contribution is 0.732. The van der Waals surface area contributed by atoms with E-state index < -0.39 is 0 Å². The number of benzene rings is 2. The van der Waals surface area contributed by atoms with Gasteiger partial charge < -0.3 is 15.2 Å². The summed E-state index contributed by atoms with van der Waals surface area (Å²) in [5.74, 6) is 1.79. The van der Waals surface area contributed by atoms with E-state index in [2.05, 4.69) is 66.3 Å². The summed E-state index contributed by atoms with van der Waals surface area (Å²) < 4.78 is 3.04. The van der Waals surface area contributed by atoms with Crippen molar-refractivity contribution in [2.75, 3.05) is 10.6 Å². The van der Waals surface area contributed by atoms with Crippen LogP contribution in [0.25, 0.3) is 10.3 Å². The van der Waals surface area contributed by atoms with Gasteiger partial charge in [0.25, 0.3) is 0 Å². The van der Waals surface area contributed by atoms with Crippen LogP contribution in [0.2, 0.25) is 5.02 Å². The van der Waals surface area contributed by atoms with Gasteiger partial charge in [-0.25, -0.2) is 15.0 Å². The zero-order valence-electron chi connectivity index (χ0n) is 17.3. The Bertz CT molecular complexity index is 1360. The highest BCUT2D eigenvalue weighted by Crippen LogP contribution is 2.33. The molecule has 0 radical (unpaired) electrons. The molecule has 160 valence electrons. The summed E-state index contributed by atoms with van der Waals surface area (Å²) >= 11 is 7.59. The number of aromatic nitrogens is 5. The maximum atomic E-state index is 6.09. The minimum atomic E-state index is 0.640. The molecule has 2 N–H and O–H groups in total. The van der Waals surface area contributed by atoms with Crippen LogP contribution in [0.5, 0.6) is 0 Å². The first-order valence-corrected chi connectivity index (χ1v) is 11.4. The van der Waals surface area contributed by atoms with Crippen molar-refractivity contribution < 1.29 is 0 Å². The third-order valence-corrected chi connectivity index (χ3v) is 6.16. The molecule has 32 heavy (non-hydrogen) atoms. The highest BCUT2D eigenvalue weighted by molar-refractivity contribution is 7.22. The number of anilines is 4. The summed E-state index contributed by atoms with van der Waals surface area (Å²) in [7, 11) is 0. The molecule has 9 heteroatoms. The Labute approximate surface area is 194 Å². The van der Waals surface area contributed by atoms with Crippen LogP contribution in [0.1, 0.15) is 18.3 Å². The van der Waals surface area contributed by atoms with Crippen LogP contribution in [0, 0.1) is 0 Å². The highest BCUT2D eigenvalue weighted by Gasteiger charge is 2.11. The maximum absolute atomic E-state index is 6.09. The molecule has 0 saturated carbocycles. The maximum Gasteiger partial charge on any atom is 0.189 e. The summed E-state index contributed by atoms with van der Waals surface area (Å²) in [6, 6.07) is 15.9. The minimum Gasteiger partial charge on any atom is -0.339 e. The molecule has 0 aliphatic heterocycles. The molecular weight excluding hydrogens is 442 g/mol. The largest absolute Gasteiger partial charge is 0.339 e. The Balaban J connectivity index is 1.33. The fourth-order valence-corrected chi connectivity index (χ4v) is 4.49. The molecule has 7 nitrogen and oxygen atoms in total. The van der Waals surface area contributed by atoms with E-state index in [1.807, 2.05) is 36.7 Å². The molecule has 5 aromatic rings. The molecule has 0 unspecified atom stereocenters. The average molecular weight is 462 g/mol. The fraction of sp³-hybridized carbons (Fsp3) is 0.130. The predicted octanol–water partition coefficient (Wildman–Crippen LogP) is 6.03. The first kappa shape index (κ1) is 20.4. The molecule has 0 aliphatic rings. The van der Waals surface area contributed by atoms with Gasteiger partial charge in [0.05, 0.1) is 0 Å². The quantitative estimate of drug-likeness (QED) is 0.308. The number of hydrogen-bond acceptors (Lipinski definition) is 7. The monoisotopic (exact) mass is 461 g/mol. The number of imidazole rings is 1. The number of halogens is 1. The smallest absolute Gasteiger partial charge is 0.189 e. The van der Waals surface area contributed by atoms with Gasteiger partial charge >= 0.3 is 0 Å². The molecule has 0 bridgehead atoms. The van der Waals surface area contributed by atoms with Crippen molar-refractivity contribution in [2.45, 2.75) is 19.9 Å². The van der Waals surface area contributed by atoms with Gasteiger partial charge in [0.2, 0.25) is 0 Å². The van der Waals surface area contributed by atoms with Crippen molar-refractivity contribution in [1.82, 2.24) is 24.5 Å². The van der Waals surface area contributed by atoms with Crippen LogP contribution in [0.15, 0.2) is 67.3 Å². The third-order valence-electron chi connectivity index (χ3n) is 4.95.